The van der Waals surface area contributed by atoms with Crippen LogP contribution in [0.5, 0.6) is 0 Å². The molecule has 4 rings (SSSR count). The summed E-state index contributed by atoms with van der Waals surface area (Å²) in [7, 11) is -3.64. The summed E-state index contributed by atoms with van der Waals surface area (Å²) < 4.78 is 28.1. The van der Waals surface area contributed by atoms with E-state index >= 15 is 0 Å². The lowest BCUT2D eigenvalue weighted by Gasteiger charge is -2.31. The van der Waals surface area contributed by atoms with Gasteiger partial charge in [-0.1, -0.05) is 32.0 Å². The predicted molar refractivity (Wildman–Crippen MR) is 119 cm³/mol. The second kappa shape index (κ2) is 8.67. The molecule has 8 heteroatoms. The number of carbonyl (C=O) groups is 1. The van der Waals surface area contributed by atoms with Crippen molar-refractivity contribution in [3.8, 4) is 0 Å². The van der Waals surface area contributed by atoms with Gasteiger partial charge in [0.25, 0.3) is 0 Å². The number of amides is 1. The van der Waals surface area contributed by atoms with Crippen molar-refractivity contribution in [1.29, 1.82) is 0 Å². The smallest absolute Gasteiger partial charge is 0.243 e. The van der Waals surface area contributed by atoms with E-state index in [1.54, 1.807) is 35.2 Å². The van der Waals surface area contributed by atoms with Crippen molar-refractivity contribution in [2.24, 2.45) is 5.92 Å². The average molecular weight is 443 g/mol. The maximum Gasteiger partial charge on any atom is 0.243 e. The van der Waals surface area contributed by atoms with E-state index in [0.717, 1.165) is 24.1 Å². The van der Waals surface area contributed by atoms with Gasteiger partial charge in [-0.25, -0.2) is 18.4 Å². The molecule has 0 bridgehead atoms. The molecule has 3 heterocycles. The van der Waals surface area contributed by atoms with Crippen LogP contribution in [-0.4, -0.2) is 41.7 Å². The molecule has 1 amide bonds. The molecular weight excluding hydrogens is 412 g/mol. The summed E-state index contributed by atoms with van der Waals surface area (Å²) in [4.78, 5) is 24.3. The van der Waals surface area contributed by atoms with Gasteiger partial charge >= 0.3 is 0 Å². The van der Waals surface area contributed by atoms with Crippen molar-refractivity contribution < 1.29 is 13.2 Å². The second-order valence-corrected chi connectivity index (χ2v) is 10.7. The Kier molecular flexibility index (Phi) is 6.12. The molecule has 2 aromatic rings. The van der Waals surface area contributed by atoms with E-state index in [1.165, 1.54) is 4.31 Å². The Labute approximate surface area is 184 Å². The highest BCUT2D eigenvalue weighted by Gasteiger charge is 2.39. The summed E-state index contributed by atoms with van der Waals surface area (Å²) in [6.07, 6.45) is 3.42. The molecule has 1 aromatic heterocycles. The number of aromatic nitrogens is 2. The van der Waals surface area contributed by atoms with Gasteiger partial charge in [-0.2, -0.15) is 4.31 Å². The first-order valence-electron chi connectivity index (χ1n) is 11.0. The standard InChI is InChI=1S/C23H30N4O3S/c1-16(2)13-15-26-21(28)12-11-19-17(3)24-22(25-23(19)26)20-10-7-14-27(20)31(29,30)18-8-5-4-6-9-18/h4-6,8-9,16,20H,7,10-15H2,1-3H3. The highest BCUT2D eigenvalue weighted by Crippen LogP contribution is 2.37. The lowest BCUT2D eigenvalue weighted by molar-refractivity contribution is -0.119. The van der Waals surface area contributed by atoms with Crippen LogP contribution in [0.1, 0.15) is 62.7 Å². The Morgan fingerprint density at radius 1 is 1.13 bits per heavy atom. The number of aryl methyl sites for hydroxylation is 1. The molecule has 1 saturated heterocycles. The largest absolute Gasteiger partial charge is 0.296 e. The molecule has 1 fully saturated rings. The number of hydrogen-bond donors (Lipinski definition) is 0. The fraction of sp³-hybridized carbons (Fsp3) is 0.522. The van der Waals surface area contributed by atoms with Crippen molar-refractivity contribution in [2.75, 3.05) is 18.0 Å². The molecule has 166 valence electrons. The lowest BCUT2D eigenvalue weighted by atomic mass is 10.0. The van der Waals surface area contributed by atoms with E-state index in [-0.39, 0.29) is 10.8 Å². The number of carbonyl (C=O) groups excluding carboxylic acids is 1. The van der Waals surface area contributed by atoms with Gasteiger partial charge < -0.3 is 0 Å². The third kappa shape index (κ3) is 4.23. The molecule has 2 aliphatic rings. The minimum Gasteiger partial charge on any atom is -0.296 e. The number of fused-ring (bicyclic) bond motifs is 1. The van der Waals surface area contributed by atoms with E-state index in [1.807, 2.05) is 6.92 Å². The maximum atomic E-state index is 13.3. The minimum atomic E-state index is -3.64. The van der Waals surface area contributed by atoms with E-state index in [2.05, 4.69) is 13.8 Å². The summed E-state index contributed by atoms with van der Waals surface area (Å²) in [5, 5.41) is 0. The monoisotopic (exact) mass is 442 g/mol. The van der Waals surface area contributed by atoms with Crippen molar-refractivity contribution in [2.45, 2.75) is 63.8 Å². The Balaban J connectivity index is 1.72. The first-order chi connectivity index (χ1) is 14.8. The van der Waals surface area contributed by atoms with Crippen LogP contribution in [-0.2, 0) is 21.2 Å². The molecule has 1 aromatic carbocycles. The Hall–Kier alpha value is -2.32. The molecule has 0 aliphatic carbocycles. The normalized spacial score (nSPS) is 19.8. The Bertz CT molecular complexity index is 1070. The van der Waals surface area contributed by atoms with Crippen LogP contribution < -0.4 is 4.90 Å². The van der Waals surface area contributed by atoms with Crippen LogP contribution in [0.4, 0.5) is 5.82 Å². The maximum absolute atomic E-state index is 13.3. The highest BCUT2D eigenvalue weighted by atomic mass is 32.2. The van der Waals surface area contributed by atoms with Gasteiger partial charge in [-0.05, 0) is 50.7 Å². The summed E-state index contributed by atoms with van der Waals surface area (Å²) in [5.41, 5.74) is 1.84. The zero-order chi connectivity index (χ0) is 22.2. The first-order valence-corrected chi connectivity index (χ1v) is 12.5. The average Bonchev–Trinajstić information content (AvgIpc) is 3.24. The molecular formula is C23H30N4O3S. The summed E-state index contributed by atoms with van der Waals surface area (Å²) in [6, 6.07) is 8.09. The topological polar surface area (TPSA) is 83.5 Å². The molecule has 1 unspecified atom stereocenters. The van der Waals surface area contributed by atoms with Crippen LogP contribution in [0.25, 0.3) is 0 Å². The third-order valence-corrected chi connectivity index (χ3v) is 8.06. The molecule has 0 radical (unpaired) electrons. The Morgan fingerprint density at radius 2 is 1.87 bits per heavy atom. The molecule has 7 nitrogen and oxygen atoms in total. The van der Waals surface area contributed by atoms with E-state index in [4.69, 9.17) is 9.97 Å². The van der Waals surface area contributed by atoms with Crippen molar-refractivity contribution in [3.05, 3.63) is 47.4 Å². The van der Waals surface area contributed by atoms with Crippen LogP contribution in [0, 0.1) is 12.8 Å². The number of anilines is 1. The van der Waals surface area contributed by atoms with E-state index < -0.39 is 16.1 Å². The number of benzene rings is 1. The van der Waals surface area contributed by atoms with Crippen molar-refractivity contribution in [3.63, 3.8) is 0 Å². The van der Waals surface area contributed by atoms with E-state index in [0.29, 0.717) is 49.9 Å². The third-order valence-electron chi connectivity index (χ3n) is 6.14. The van der Waals surface area contributed by atoms with Gasteiger partial charge in [0.15, 0.2) is 0 Å². The summed E-state index contributed by atoms with van der Waals surface area (Å²) in [6.45, 7) is 7.27. The van der Waals surface area contributed by atoms with Gasteiger partial charge in [-0.15, -0.1) is 0 Å². The molecule has 0 saturated carbocycles. The molecule has 0 spiro atoms. The molecule has 31 heavy (non-hydrogen) atoms. The van der Waals surface area contributed by atoms with Gasteiger partial charge in [0, 0.05) is 30.8 Å². The van der Waals surface area contributed by atoms with Crippen molar-refractivity contribution >= 4 is 21.7 Å². The van der Waals surface area contributed by atoms with Gasteiger partial charge in [-0.3, -0.25) is 9.69 Å². The van der Waals surface area contributed by atoms with Crippen LogP contribution >= 0.6 is 0 Å². The second-order valence-electron chi connectivity index (χ2n) is 8.78. The van der Waals surface area contributed by atoms with Gasteiger partial charge in [0.1, 0.15) is 11.6 Å². The number of hydrogen-bond acceptors (Lipinski definition) is 5. The van der Waals surface area contributed by atoms with Gasteiger partial charge in [0.2, 0.25) is 15.9 Å². The zero-order valence-electron chi connectivity index (χ0n) is 18.4. The number of rotatable bonds is 6. The fourth-order valence-electron chi connectivity index (χ4n) is 4.38. The predicted octanol–water partition coefficient (Wildman–Crippen LogP) is 3.64. The SMILES string of the molecule is Cc1nc(C2CCCN2S(=O)(=O)c2ccccc2)nc2c1CCC(=O)N2CCC(C)C. The quantitative estimate of drug-likeness (QED) is 0.682. The molecule has 0 N–H and O–H groups in total. The van der Waals surface area contributed by atoms with Gasteiger partial charge in [0.05, 0.1) is 10.9 Å². The first kappa shape index (κ1) is 21.9. The zero-order valence-corrected chi connectivity index (χ0v) is 19.2. The van der Waals surface area contributed by atoms with E-state index in [9.17, 15) is 13.2 Å². The molecule has 1 atom stereocenters. The fourth-order valence-corrected chi connectivity index (χ4v) is 6.06. The Morgan fingerprint density at radius 3 is 2.58 bits per heavy atom. The summed E-state index contributed by atoms with van der Waals surface area (Å²) in [5.74, 6) is 1.72. The van der Waals surface area contributed by atoms with Crippen LogP contribution in [0.3, 0.4) is 0 Å². The molecule has 2 aliphatic heterocycles. The van der Waals surface area contributed by atoms with Crippen LogP contribution in [0.2, 0.25) is 0 Å². The minimum absolute atomic E-state index is 0.0809. The highest BCUT2D eigenvalue weighted by molar-refractivity contribution is 7.89. The number of nitrogens with zero attached hydrogens (tertiary/aromatic N) is 4. The summed E-state index contributed by atoms with van der Waals surface area (Å²) >= 11 is 0. The number of sulfonamides is 1. The lowest BCUT2D eigenvalue weighted by Crippen LogP contribution is -2.38. The van der Waals surface area contributed by atoms with Crippen molar-refractivity contribution in [1.82, 2.24) is 14.3 Å². The van der Waals surface area contributed by atoms with Crippen LogP contribution in [0.15, 0.2) is 35.2 Å².